The van der Waals surface area contributed by atoms with Gasteiger partial charge >= 0.3 is 0 Å². The average molecular weight is 782 g/mol. The second-order valence-corrected chi connectivity index (χ2v) is 11.5. The van der Waals surface area contributed by atoms with Gasteiger partial charge in [0, 0.05) is 41.9 Å². The van der Waals surface area contributed by atoms with Gasteiger partial charge in [-0.15, -0.1) is 0 Å². The normalized spacial score (nSPS) is 10.8. The van der Waals surface area contributed by atoms with Crippen molar-refractivity contribution < 1.29 is 18.7 Å². The zero-order chi connectivity index (χ0) is 29.8. The van der Waals surface area contributed by atoms with Gasteiger partial charge in [0.05, 0.1) is 12.7 Å². The topological polar surface area (TPSA) is 111 Å². The van der Waals surface area contributed by atoms with Crippen molar-refractivity contribution in [2.75, 3.05) is 26.2 Å². The molecule has 0 bridgehead atoms. The van der Waals surface area contributed by atoms with Crippen LogP contribution in [0.5, 0.6) is 5.75 Å². The minimum absolute atomic E-state index is 0.0153. The van der Waals surface area contributed by atoms with E-state index in [1.807, 2.05) is 41.8 Å². The second kappa shape index (κ2) is 16.8. The number of halogens is 2. The SMILES string of the molecule is CCCCc1oc2ccccc2c1C(=O)c1cc(I)c(OCCN(CC)CC)c(I)c1.NNC(=O)c1ccncc1. The number of unbranched alkanes of at least 4 members (excludes halogenated alkanes) is 1. The van der Waals surface area contributed by atoms with Gasteiger partial charge in [-0.05, 0) is 95.0 Å². The van der Waals surface area contributed by atoms with E-state index in [1.54, 1.807) is 12.1 Å². The fourth-order valence-electron chi connectivity index (χ4n) is 4.23. The molecule has 4 aromatic rings. The van der Waals surface area contributed by atoms with Crippen molar-refractivity contribution in [3.8, 4) is 5.75 Å². The Balaban J connectivity index is 0.000000389. The van der Waals surface area contributed by atoms with Crippen LogP contribution in [-0.4, -0.2) is 47.8 Å². The second-order valence-electron chi connectivity index (χ2n) is 9.18. The van der Waals surface area contributed by atoms with E-state index in [2.05, 4.69) is 75.8 Å². The van der Waals surface area contributed by atoms with Crippen LogP contribution in [0.2, 0.25) is 0 Å². The largest absolute Gasteiger partial charge is 0.490 e. The fraction of sp³-hybridized carbons (Fsp3) is 0.323. The number of ketones is 1. The molecular formula is C31H36I2N4O4. The van der Waals surface area contributed by atoms with Crippen molar-refractivity contribution in [1.29, 1.82) is 0 Å². The van der Waals surface area contributed by atoms with Crippen molar-refractivity contribution in [3.63, 3.8) is 0 Å². The number of hydrazine groups is 1. The van der Waals surface area contributed by atoms with E-state index in [0.29, 0.717) is 23.3 Å². The predicted octanol–water partition coefficient (Wildman–Crippen LogP) is 6.62. The number of fused-ring (bicyclic) bond motifs is 1. The summed E-state index contributed by atoms with van der Waals surface area (Å²) in [6, 6.07) is 14.8. The highest BCUT2D eigenvalue weighted by atomic mass is 127. The van der Waals surface area contributed by atoms with E-state index in [1.165, 1.54) is 12.4 Å². The molecule has 0 aliphatic rings. The molecule has 2 aromatic carbocycles. The lowest BCUT2D eigenvalue weighted by molar-refractivity contribution is 0.0952. The number of pyridine rings is 1. The molecule has 0 fully saturated rings. The molecule has 218 valence electrons. The van der Waals surface area contributed by atoms with Gasteiger partial charge in [0.15, 0.2) is 5.78 Å². The van der Waals surface area contributed by atoms with Gasteiger partial charge in [0.2, 0.25) is 0 Å². The Morgan fingerprint density at radius 2 is 1.66 bits per heavy atom. The molecule has 1 amide bonds. The molecule has 2 aromatic heterocycles. The van der Waals surface area contributed by atoms with Crippen LogP contribution in [-0.2, 0) is 6.42 Å². The van der Waals surface area contributed by atoms with Gasteiger partial charge in [-0.25, -0.2) is 5.84 Å². The number of furan rings is 1. The van der Waals surface area contributed by atoms with Crippen LogP contribution < -0.4 is 16.0 Å². The Morgan fingerprint density at radius 1 is 1.00 bits per heavy atom. The number of nitrogens with one attached hydrogen (secondary N) is 1. The molecule has 3 N–H and O–H groups in total. The van der Waals surface area contributed by atoms with Gasteiger partial charge in [-0.1, -0.05) is 45.4 Å². The number of carbonyl (C=O) groups is 2. The van der Waals surface area contributed by atoms with Crippen LogP contribution in [0.3, 0.4) is 0 Å². The third-order valence-electron chi connectivity index (χ3n) is 6.54. The third-order valence-corrected chi connectivity index (χ3v) is 8.14. The lowest BCUT2D eigenvalue weighted by Gasteiger charge is -2.19. The number of nitrogen functional groups attached to an aromatic ring is 1. The Kier molecular flexibility index (Phi) is 13.5. The number of nitrogens with zero attached hydrogens (tertiary/aromatic N) is 2. The zero-order valence-electron chi connectivity index (χ0n) is 23.6. The maximum Gasteiger partial charge on any atom is 0.265 e. The summed E-state index contributed by atoms with van der Waals surface area (Å²) in [5, 5.41) is 0.892. The Bertz CT molecular complexity index is 1420. The Labute approximate surface area is 268 Å². The highest BCUT2D eigenvalue weighted by Crippen LogP contribution is 2.33. The summed E-state index contributed by atoms with van der Waals surface area (Å²) < 4.78 is 14.1. The van der Waals surface area contributed by atoms with E-state index in [9.17, 15) is 9.59 Å². The number of nitrogens with two attached hydrogens (primary N) is 1. The molecule has 41 heavy (non-hydrogen) atoms. The lowest BCUT2D eigenvalue weighted by Crippen LogP contribution is -2.29. The molecule has 2 heterocycles. The summed E-state index contributed by atoms with van der Waals surface area (Å²) in [6.45, 7) is 10.0. The standard InChI is InChI=1S/C25H29I2NO3.C6H7N3O/c1-4-7-11-22-23(18-10-8-9-12-21(18)31-22)24(29)17-15-19(26)25(20(27)16-17)30-14-13-28(5-2)6-3;7-9-6(10)5-1-3-8-4-2-5/h8-10,12,15-16H,4-7,11,13-14H2,1-3H3;1-4H,7H2,(H,9,10). The highest BCUT2D eigenvalue weighted by molar-refractivity contribution is 14.1. The molecule has 0 aliphatic heterocycles. The fourth-order valence-corrected chi connectivity index (χ4v) is 6.31. The molecule has 4 rings (SSSR count). The van der Waals surface area contributed by atoms with Crippen molar-refractivity contribution in [2.24, 2.45) is 5.84 Å². The first-order valence-electron chi connectivity index (χ1n) is 13.6. The van der Waals surface area contributed by atoms with Crippen molar-refractivity contribution in [1.82, 2.24) is 15.3 Å². The molecule has 0 saturated carbocycles. The van der Waals surface area contributed by atoms with Crippen LogP contribution in [0.4, 0.5) is 0 Å². The van der Waals surface area contributed by atoms with Gasteiger partial charge in [-0.3, -0.25) is 20.0 Å². The summed E-state index contributed by atoms with van der Waals surface area (Å²) >= 11 is 4.54. The van der Waals surface area contributed by atoms with E-state index >= 15 is 0 Å². The number of hydrogen-bond donors (Lipinski definition) is 2. The van der Waals surface area contributed by atoms with Crippen LogP contribution in [0, 0.1) is 7.14 Å². The van der Waals surface area contributed by atoms with Gasteiger partial charge in [0.1, 0.15) is 23.7 Å². The first kappa shape index (κ1) is 33.0. The third kappa shape index (κ3) is 8.97. The van der Waals surface area contributed by atoms with E-state index in [4.69, 9.17) is 15.0 Å². The van der Waals surface area contributed by atoms with Crippen molar-refractivity contribution >= 4 is 67.8 Å². The summed E-state index contributed by atoms with van der Waals surface area (Å²) in [4.78, 5) is 30.4. The smallest absolute Gasteiger partial charge is 0.265 e. The summed E-state index contributed by atoms with van der Waals surface area (Å²) in [6.07, 6.45) is 5.89. The van der Waals surface area contributed by atoms with E-state index in [-0.39, 0.29) is 11.7 Å². The van der Waals surface area contributed by atoms with Crippen LogP contribution in [0.15, 0.2) is 65.3 Å². The lowest BCUT2D eigenvalue weighted by atomic mass is 9.98. The van der Waals surface area contributed by atoms with Crippen LogP contribution >= 0.6 is 45.2 Å². The van der Waals surface area contributed by atoms with Gasteiger partial charge in [0.25, 0.3) is 5.91 Å². The minimum atomic E-state index is -0.303. The zero-order valence-corrected chi connectivity index (χ0v) is 27.9. The number of rotatable bonds is 12. The van der Waals surface area contributed by atoms with Crippen molar-refractivity contribution in [3.05, 3.63) is 90.5 Å². The van der Waals surface area contributed by atoms with Crippen LogP contribution in [0.1, 0.15) is 65.7 Å². The minimum Gasteiger partial charge on any atom is -0.490 e. The molecule has 0 aliphatic carbocycles. The number of amides is 1. The van der Waals surface area contributed by atoms with Gasteiger partial charge in [-0.2, -0.15) is 0 Å². The molecule has 0 unspecified atom stereocenters. The average Bonchev–Trinajstić information content (AvgIpc) is 3.37. The summed E-state index contributed by atoms with van der Waals surface area (Å²) in [5.41, 5.74) is 4.68. The van der Waals surface area contributed by atoms with E-state index < -0.39 is 0 Å². The maximum absolute atomic E-state index is 13.6. The number of aromatic nitrogens is 1. The summed E-state index contributed by atoms with van der Waals surface area (Å²) in [7, 11) is 0. The molecule has 0 spiro atoms. The Hall–Kier alpha value is -2.55. The molecule has 0 saturated heterocycles. The quantitative estimate of drug-likeness (QED) is 0.0547. The summed E-state index contributed by atoms with van der Waals surface area (Å²) in [5.74, 6) is 6.24. The first-order valence-corrected chi connectivity index (χ1v) is 15.8. The molecule has 0 radical (unpaired) electrons. The molecular weight excluding hydrogens is 746 g/mol. The van der Waals surface area contributed by atoms with Gasteiger partial charge < -0.3 is 14.1 Å². The molecule has 0 atom stereocenters. The number of ether oxygens (including phenoxy) is 1. The number of para-hydroxylation sites is 1. The monoisotopic (exact) mass is 782 g/mol. The van der Waals surface area contributed by atoms with Crippen molar-refractivity contribution in [2.45, 2.75) is 40.0 Å². The first-order chi connectivity index (χ1) is 19.8. The maximum atomic E-state index is 13.6. The number of likely N-dealkylation sites (N-methyl/N-ethyl adjacent to an activating group) is 1. The van der Waals surface area contributed by atoms with Crippen LogP contribution in [0.25, 0.3) is 11.0 Å². The Morgan fingerprint density at radius 3 is 2.27 bits per heavy atom. The van der Waals surface area contributed by atoms with E-state index in [0.717, 1.165) is 68.5 Å². The number of aryl methyl sites for hydroxylation is 1. The highest BCUT2D eigenvalue weighted by Gasteiger charge is 2.23. The number of hydrogen-bond acceptors (Lipinski definition) is 7. The predicted molar refractivity (Wildman–Crippen MR) is 179 cm³/mol. The number of carbonyl (C=O) groups excluding carboxylic acids is 2. The molecule has 8 nitrogen and oxygen atoms in total. The number of benzene rings is 2. The molecule has 10 heteroatoms.